The van der Waals surface area contributed by atoms with Crippen LogP contribution >= 0.6 is 0 Å². The molecule has 0 spiro atoms. The zero-order valence-electron chi connectivity index (χ0n) is 22.1. The Bertz CT molecular complexity index is 865. The highest BCUT2D eigenvalue weighted by molar-refractivity contribution is 5.66. The highest BCUT2D eigenvalue weighted by Crippen LogP contribution is 2.31. The Balaban J connectivity index is 0.000000196. The number of aliphatic hydroxyl groups is 2. The summed E-state index contributed by atoms with van der Waals surface area (Å²) in [5.74, 6) is -0.0242. The number of rotatable bonds is 7. The second kappa shape index (κ2) is 17.1. The van der Waals surface area contributed by atoms with Crippen LogP contribution in [-0.4, -0.2) is 51.4 Å². The molecule has 1 aliphatic heterocycles. The van der Waals surface area contributed by atoms with Crippen LogP contribution in [-0.2, 0) is 11.4 Å². The van der Waals surface area contributed by atoms with Crippen LogP contribution in [0.5, 0.6) is 0 Å². The number of benzene rings is 2. The summed E-state index contributed by atoms with van der Waals surface area (Å²) in [6.45, 7) is 6.85. The van der Waals surface area contributed by atoms with Crippen LogP contribution in [0.4, 0.5) is 0 Å². The van der Waals surface area contributed by atoms with Crippen molar-refractivity contribution in [3.8, 4) is 11.1 Å². The molecule has 1 saturated heterocycles. The van der Waals surface area contributed by atoms with Crippen molar-refractivity contribution in [3.05, 3.63) is 72.3 Å². The molecule has 3 N–H and O–H groups in total. The summed E-state index contributed by atoms with van der Waals surface area (Å²) >= 11 is 0. The van der Waals surface area contributed by atoms with E-state index in [-0.39, 0.29) is 19.1 Å². The van der Waals surface area contributed by atoms with Crippen LogP contribution in [0.2, 0.25) is 0 Å². The predicted molar refractivity (Wildman–Crippen MR) is 148 cm³/mol. The topological polar surface area (TPSA) is 81.0 Å². The molecule has 36 heavy (non-hydrogen) atoms. The van der Waals surface area contributed by atoms with Crippen molar-refractivity contribution in [3.63, 3.8) is 0 Å². The van der Waals surface area contributed by atoms with E-state index in [2.05, 4.69) is 24.0 Å². The van der Waals surface area contributed by atoms with E-state index in [1.165, 1.54) is 49.9 Å². The number of likely N-dealkylation sites (tertiary alicyclic amines) is 1. The van der Waals surface area contributed by atoms with Gasteiger partial charge < -0.3 is 15.3 Å². The number of carboxylic acid groups (broad SMARTS) is 1. The summed E-state index contributed by atoms with van der Waals surface area (Å²) < 4.78 is 0. The summed E-state index contributed by atoms with van der Waals surface area (Å²) in [6.07, 6.45) is 12.0. The van der Waals surface area contributed by atoms with Crippen molar-refractivity contribution in [2.45, 2.75) is 84.0 Å². The van der Waals surface area contributed by atoms with Crippen LogP contribution < -0.4 is 0 Å². The van der Waals surface area contributed by atoms with Crippen molar-refractivity contribution >= 4 is 5.97 Å². The third-order valence-electron chi connectivity index (χ3n) is 6.88. The molecule has 1 heterocycles. The number of nitrogens with zero attached hydrogens (tertiary/aromatic N) is 1. The van der Waals surface area contributed by atoms with Crippen molar-refractivity contribution in [1.82, 2.24) is 4.90 Å². The first-order chi connectivity index (χ1) is 17.5. The minimum atomic E-state index is -0.726. The molecule has 1 saturated carbocycles. The fourth-order valence-corrected chi connectivity index (χ4v) is 4.90. The third-order valence-corrected chi connectivity index (χ3v) is 6.88. The lowest BCUT2D eigenvalue weighted by Crippen LogP contribution is -2.46. The van der Waals surface area contributed by atoms with Crippen molar-refractivity contribution in [2.24, 2.45) is 5.92 Å². The first-order valence-electron chi connectivity index (χ1n) is 13.5. The first-order valence-corrected chi connectivity index (χ1v) is 13.5. The Labute approximate surface area is 217 Å². The smallest absolute Gasteiger partial charge is 0.303 e. The second-order valence-electron chi connectivity index (χ2n) is 9.74. The van der Waals surface area contributed by atoms with Crippen LogP contribution in [0.15, 0.2) is 66.7 Å². The van der Waals surface area contributed by atoms with E-state index in [1.807, 2.05) is 61.5 Å². The summed E-state index contributed by atoms with van der Waals surface area (Å²) in [5.41, 5.74) is 3.34. The molecule has 3 atom stereocenters. The molecule has 0 aromatic heterocycles. The van der Waals surface area contributed by atoms with Crippen LogP contribution in [0.3, 0.4) is 0 Å². The van der Waals surface area contributed by atoms with Gasteiger partial charge in [-0.2, -0.15) is 0 Å². The molecule has 0 radical (unpaired) electrons. The Morgan fingerprint density at radius 1 is 0.944 bits per heavy atom. The fourth-order valence-electron chi connectivity index (χ4n) is 4.90. The monoisotopic (exact) mass is 495 g/mol. The molecule has 2 aliphatic rings. The van der Waals surface area contributed by atoms with E-state index >= 15 is 0 Å². The minimum absolute atomic E-state index is 0.0481. The number of allylic oxidation sites excluding steroid dienone is 2. The van der Waals surface area contributed by atoms with Crippen LogP contribution in [0.1, 0.15) is 70.8 Å². The molecule has 2 aromatic rings. The Morgan fingerprint density at radius 2 is 1.58 bits per heavy atom. The summed E-state index contributed by atoms with van der Waals surface area (Å²) in [5, 5.41) is 26.9. The van der Waals surface area contributed by atoms with E-state index < -0.39 is 5.97 Å². The lowest BCUT2D eigenvalue weighted by molar-refractivity contribution is -0.136. The summed E-state index contributed by atoms with van der Waals surface area (Å²) in [4.78, 5) is 12.4. The molecule has 4 rings (SSSR count). The molecule has 2 fully saturated rings. The standard InChI is InChI=1S/C13H12O.C11H21NO.C7H12O2/c14-10-11-6-8-13(9-7-11)12-4-2-1-3-5-12;1-9-5-6-10(13)11(9)12-7-3-2-4-8-12;1-2-3-4-5-6-7(8)9/h1-9,14H,10H2;9-11,13H,2-8H2,1H3;3-4H,2,5-6H2,1H3,(H,8,9)/b;;4-3-. The molecule has 5 heteroatoms. The van der Waals surface area contributed by atoms with Gasteiger partial charge in [0.05, 0.1) is 12.7 Å². The number of carboxylic acids is 1. The van der Waals surface area contributed by atoms with Gasteiger partial charge in [0, 0.05) is 12.5 Å². The average Bonchev–Trinajstić information content (AvgIpc) is 3.26. The van der Waals surface area contributed by atoms with Crippen LogP contribution in [0.25, 0.3) is 11.1 Å². The van der Waals surface area contributed by atoms with E-state index in [0.717, 1.165) is 18.4 Å². The van der Waals surface area contributed by atoms with Gasteiger partial charge in [0.15, 0.2) is 0 Å². The van der Waals surface area contributed by atoms with Gasteiger partial charge in [-0.05, 0) is 74.2 Å². The molecular formula is C31H45NO4. The Kier molecular flexibility index (Phi) is 14.1. The molecular weight excluding hydrogens is 450 g/mol. The highest BCUT2D eigenvalue weighted by atomic mass is 16.4. The van der Waals surface area contributed by atoms with Crippen LogP contribution in [0, 0.1) is 5.92 Å². The molecule has 0 bridgehead atoms. The highest BCUT2D eigenvalue weighted by Gasteiger charge is 2.36. The average molecular weight is 496 g/mol. The second-order valence-corrected chi connectivity index (χ2v) is 9.74. The maximum atomic E-state index is 9.93. The van der Waals surface area contributed by atoms with Gasteiger partial charge >= 0.3 is 5.97 Å². The van der Waals surface area contributed by atoms with Crippen molar-refractivity contribution < 1.29 is 20.1 Å². The van der Waals surface area contributed by atoms with E-state index in [9.17, 15) is 9.90 Å². The number of hydrogen-bond acceptors (Lipinski definition) is 4. The van der Waals surface area contributed by atoms with E-state index in [0.29, 0.717) is 18.4 Å². The lowest BCUT2D eigenvalue weighted by atomic mass is 10.0. The quantitative estimate of drug-likeness (QED) is 0.393. The zero-order chi connectivity index (χ0) is 26.2. The van der Waals surface area contributed by atoms with Gasteiger partial charge in [-0.25, -0.2) is 0 Å². The Hall–Kier alpha value is -2.47. The molecule has 0 amide bonds. The number of hydrogen-bond donors (Lipinski definition) is 3. The van der Waals surface area contributed by atoms with Crippen molar-refractivity contribution in [1.29, 1.82) is 0 Å². The SMILES string of the molecule is CC/C=C\CCC(=O)O.CC1CCC(O)C1N1CCCCC1.OCc1ccc(-c2ccccc2)cc1. The molecule has 1 aliphatic carbocycles. The zero-order valence-corrected chi connectivity index (χ0v) is 22.1. The van der Waals surface area contributed by atoms with E-state index in [4.69, 9.17) is 10.2 Å². The van der Waals surface area contributed by atoms with Crippen molar-refractivity contribution in [2.75, 3.05) is 13.1 Å². The molecule has 3 unspecified atom stereocenters. The molecule has 5 nitrogen and oxygen atoms in total. The number of aliphatic carboxylic acids is 1. The first kappa shape index (κ1) is 29.8. The lowest BCUT2D eigenvalue weighted by Gasteiger charge is -2.36. The molecule has 2 aromatic carbocycles. The van der Waals surface area contributed by atoms with Gasteiger partial charge in [-0.15, -0.1) is 0 Å². The Morgan fingerprint density at radius 3 is 2.11 bits per heavy atom. The predicted octanol–water partition coefficient (Wildman–Crippen LogP) is 6.30. The summed E-state index contributed by atoms with van der Waals surface area (Å²) in [6, 6.07) is 18.6. The van der Waals surface area contributed by atoms with Gasteiger partial charge in [-0.1, -0.05) is 87.0 Å². The maximum Gasteiger partial charge on any atom is 0.303 e. The largest absolute Gasteiger partial charge is 0.481 e. The normalized spacial score (nSPS) is 21.8. The third kappa shape index (κ3) is 10.7. The van der Waals surface area contributed by atoms with Gasteiger partial charge in [-0.3, -0.25) is 9.69 Å². The number of piperidine rings is 1. The van der Waals surface area contributed by atoms with Gasteiger partial charge in [0.2, 0.25) is 0 Å². The summed E-state index contributed by atoms with van der Waals surface area (Å²) in [7, 11) is 0. The fraction of sp³-hybridized carbons (Fsp3) is 0.516. The number of carbonyl (C=O) groups is 1. The van der Waals surface area contributed by atoms with Gasteiger partial charge in [0.1, 0.15) is 0 Å². The van der Waals surface area contributed by atoms with E-state index in [1.54, 1.807) is 0 Å². The minimum Gasteiger partial charge on any atom is -0.481 e. The maximum absolute atomic E-state index is 9.93. The molecule has 198 valence electrons. The van der Waals surface area contributed by atoms with Gasteiger partial charge in [0.25, 0.3) is 0 Å². The number of aliphatic hydroxyl groups excluding tert-OH is 2.